The van der Waals surface area contributed by atoms with Crippen molar-refractivity contribution < 1.29 is 111 Å². The number of nitrogens with one attached hydrogen (secondary N) is 4. The lowest BCUT2D eigenvalue weighted by Gasteiger charge is -2.37. The second-order valence-electron chi connectivity index (χ2n) is 24.6. The summed E-state index contributed by atoms with van der Waals surface area (Å²) in [5.41, 5.74) is 4.96. The highest BCUT2D eigenvalue weighted by molar-refractivity contribution is 5.89. The van der Waals surface area contributed by atoms with Gasteiger partial charge in [0, 0.05) is 27.9 Å². The van der Waals surface area contributed by atoms with Crippen molar-refractivity contribution in [1.29, 1.82) is 0 Å². The minimum Gasteiger partial charge on any atom is -0.508 e. The monoisotopic (exact) mass is 1560 g/mol. The number of nitrogens with zero attached hydrogens (tertiary/aromatic N) is 1. The molecule has 0 heterocycles. The Balaban J connectivity index is 0.000000458. The van der Waals surface area contributed by atoms with Gasteiger partial charge in [0.2, 0.25) is 6.08 Å². The number of aromatic hydroxyl groups is 4. The summed E-state index contributed by atoms with van der Waals surface area (Å²) in [7, 11) is 0. The smallest absolute Gasteiger partial charge is 0.412 e. The van der Waals surface area contributed by atoms with Gasteiger partial charge in [-0.05, 0) is 176 Å². The average molecular weight is 1560 g/mol. The van der Waals surface area contributed by atoms with Crippen molar-refractivity contribution in [1.82, 2.24) is 21.3 Å². The van der Waals surface area contributed by atoms with E-state index in [9.17, 15) is 68.4 Å². The zero-order chi connectivity index (χ0) is 82.6. The summed E-state index contributed by atoms with van der Waals surface area (Å²) in [6.45, 7) is 24.6. The number of isocyanates is 1. The van der Waals surface area contributed by atoms with Crippen LogP contribution < -0.4 is 40.2 Å². The van der Waals surface area contributed by atoms with Crippen LogP contribution in [0.25, 0.3) is 0 Å². The number of carbonyl (C=O) groups excluding carboxylic acids is 10. The van der Waals surface area contributed by atoms with Crippen LogP contribution in [0.15, 0.2) is 260 Å². The summed E-state index contributed by atoms with van der Waals surface area (Å²) in [4.78, 5) is 121. The maximum atomic E-state index is 12.8. The quantitative estimate of drug-likeness (QED) is 0.00369. The number of rotatable bonds is 32. The van der Waals surface area contributed by atoms with Crippen molar-refractivity contribution in [2.75, 3.05) is 65.8 Å². The van der Waals surface area contributed by atoms with Gasteiger partial charge < -0.3 is 84.3 Å². The van der Waals surface area contributed by atoms with E-state index in [1.54, 1.807) is 153 Å². The molecule has 0 fully saturated rings. The summed E-state index contributed by atoms with van der Waals surface area (Å²) in [5.74, 6) is -1.69. The molecule has 0 saturated heterocycles. The number of aliphatic imine (C=N–C) groups is 1. The number of phenols is 4. The van der Waals surface area contributed by atoms with Crippen LogP contribution in [-0.2, 0) is 63.3 Å². The molecule has 28 heteroatoms. The molecule has 0 radical (unpaired) electrons. The predicted molar refractivity (Wildman–Crippen MR) is 421 cm³/mol. The molecule has 0 aliphatic rings. The number of hydrogen-bond donors (Lipinski definition) is 8. The van der Waals surface area contributed by atoms with E-state index < -0.39 is 65.0 Å². The van der Waals surface area contributed by atoms with Gasteiger partial charge in [-0.15, -0.1) is 0 Å². The van der Waals surface area contributed by atoms with Gasteiger partial charge in [-0.1, -0.05) is 137 Å². The summed E-state index contributed by atoms with van der Waals surface area (Å²) in [5, 5.41) is 49.4. The van der Waals surface area contributed by atoms with E-state index in [0.717, 1.165) is 22.3 Å². The van der Waals surface area contributed by atoms with Gasteiger partial charge in [0.1, 0.15) is 79.0 Å². The van der Waals surface area contributed by atoms with Gasteiger partial charge in [-0.2, -0.15) is 0 Å². The molecule has 0 saturated carbocycles. The highest BCUT2D eigenvalue weighted by Crippen LogP contribution is 2.48. The van der Waals surface area contributed by atoms with Crippen molar-refractivity contribution in [2.24, 2.45) is 4.99 Å². The second kappa shape index (κ2) is 44.8. The van der Waals surface area contributed by atoms with Crippen molar-refractivity contribution in [3.8, 4) is 46.0 Å². The van der Waals surface area contributed by atoms with Gasteiger partial charge in [0.05, 0.1) is 43.6 Å². The van der Waals surface area contributed by atoms with E-state index in [1.807, 2.05) is 48.5 Å². The average Bonchev–Trinajstić information content (AvgIpc) is 0.739. The Morgan fingerprint density at radius 1 is 0.307 bits per heavy atom. The fourth-order valence-electron chi connectivity index (χ4n) is 10.5. The predicted octanol–water partition coefficient (Wildman–Crippen LogP) is 12.9. The van der Waals surface area contributed by atoms with Crippen LogP contribution in [0.1, 0.15) is 86.6 Å². The number of carbonyl (C=O) groups is 9. The molecule has 8 aromatic rings. The Morgan fingerprint density at radius 3 is 0.640 bits per heavy atom. The van der Waals surface area contributed by atoms with Crippen LogP contribution in [0.3, 0.4) is 0 Å². The molecule has 0 atom stereocenters. The Morgan fingerprint density at radius 2 is 0.474 bits per heavy atom. The fourth-order valence-corrected chi connectivity index (χ4v) is 10.5. The Hall–Kier alpha value is -14.5. The van der Waals surface area contributed by atoms with Crippen LogP contribution in [0.5, 0.6) is 46.0 Å². The Bertz CT molecular complexity index is 4170. The molecule has 0 aliphatic carbocycles. The third kappa shape index (κ3) is 26.9. The maximum Gasteiger partial charge on any atom is 0.412 e. The molecule has 0 bridgehead atoms. The number of esters is 5. The van der Waals surface area contributed by atoms with E-state index in [4.69, 9.17) is 37.9 Å². The topological polar surface area (TPSA) is 395 Å². The maximum absolute atomic E-state index is 12.8. The fraction of sp³-hybridized carbons (Fsp3) is 0.209. The minimum absolute atomic E-state index is 0. The third-order valence-corrected chi connectivity index (χ3v) is 15.9. The first-order valence-electron chi connectivity index (χ1n) is 34.6. The first-order chi connectivity index (χ1) is 54.0. The number of ether oxygens (including phenoxy) is 9. The lowest BCUT2D eigenvalue weighted by atomic mass is 9.65. The molecule has 8 aromatic carbocycles. The zero-order valence-electron chi connectivity index (χ0n) is 62.6. The molecule has 0 aromatic heterocycles. The number of hydrogen-bond acceptors (Lipinski definition) is 24. The molecular formula is C86H89N5O23. The number of phenolic OH excluding ortho intramolecular Hbond substituents is 4. The van der Waals surface area contributed by atoms with E-state index >= 15 is 0 Å². The van der Waals surface area contributed by atoms with Gasteiger partial charge >= 0.3 is 54.2 Å². The Kier molecular flexibility index (Phi) is 35.4. The van der Waals surface area contributed by atoms with E-state index in [2.05, 4.69) is 63.9 Å². The Labute approximate surface area is 658 Å². The zero-order valence-corrected chi connectivity index (χ0v) is 62.6. The third-order valence-electron chi connectivity index (χ3n) is 15.9. The highest BCUT2D eigenvalue weighted by atomic mass is 16.6. The van der Waals surface area contributed by atoms with E-state index in [0.29, 0.717) is 27.8 Å². The van der Waals surface area contributed by atoms with Crippen LogP contribution >= 0.6 is 0 Å². The molecule has 0 aliphatic heterocycles. The molecule has 8 rings (SSSR count). The molecule has 0 spiro atoms. The SMILES string of the molecule is C.C=C(C)C(=O)OCCN=C=O.C=C(C)C(=O)OCCNC(=O)Oc1ccc(C(c2ccc(OC(=O)NCCOC(=O)C(=C)C)cc2)(c2ccc(OC(=O)NCCOC(=O)C(=C)C)cc2)c2ccc(OC(=O)NCCOC(=O)C(=C)C)cc2)cc1.Oc1ccc(C(c2ccc(O)cc2)(c2ccc(O)cc2)c2ccc(O)cc2)cc1. The van der Waals surface area contributed by atoms with Crippen molar-refractivity contribution in [2.45, 2.75) is 52.9 Å². The van der Waals surface area contributed by atoms with Gasteiger partial charge in [-0.3, -0.25) is 0 Å². The van der Waals surface area contributed by atoms with Crippen molar-refractivity contribution >= 4 is 60.3 Å². The van der Waals surface area contributed by atoms with E-state index in [1.165, 1.54) is 33.8 Å². The molecular weight excluding hydrogens is 1470 g/mol. The standard InChI is InChI=1S/C53H56N4O16.C25H20O4.C7H9NO3.CH4/c1-33(2)45(58)66-29-25-54-49(62)70-41-17-9-37(10-18-41)53(38-11-19-42(20-12-38)71-50(63)55-26-30-67-46(59)34(3)4,39-13-21-43(22-14-39)72-51(64)56-27-31-68-47(60)35(5)6)40-15-23-44(24-16-40)73-52(65)57-28-32-69-48(61)36(7)8;26-21-9-1-17(2-10-21)25(18-3-11-22(27)12-4-18,19-5-13-23(28)14-6-19)20-7-15-24(29)16-8-20;1-6(2)7(10)11-4-3-8-5-9;/h9-24H,1,3,5,7,25-32H2,2,4,6,8H3,(H,54,62)(H,55,63)(H,56,64)(H,57,65);1-16,26-29H;1,3-4H2,2H3;1H4. The molecule has 114 heavy (non-hydrogen) atoms. The molecule has 8 N–H and O–H groups in total. The summed E-state index contributed by atoms with van der Waals surface area (Å²) in [6.07, 6.45) is -1.95. The van der Waals surface area contributed by atoms with Crippen LogP contribution in [0, 0.1) is 0 Å². The van der Waals surface area contributed by atoms with Crippen LogP contribution in [0.4, 0.5) is 19.2 Å². The lowest BCUT2D eigenvalue weighted by molar-refractivity contribution is -0.139. The van der Waals surface area contributed by atoms with Gasteiger partial charge in [-0.25, -0.2) is 52.9 Å². The summed E-state index contributed by atoms with van der Waals surface area (Å²) < 4.78 is 46.8. The van der Waals surface area contributed by atoms with Crippen molar-refractivity contribution in [3.05, 3.63) is 299 Å². The first-order valence-corrected chi connectivity index (χ1v) is 34.6. The number of amides is 4. The largest absolute Gasteiger partial charge is 0.508 e. The minimum atomic E-state index is -1.30. The number of benzene rings is 8. The molecule has 0 unspecified atom stereocenters. The summed E-state index contributed by atoms with van der Waals surface area (Å²) in [6, 6.07) is 54.0. The highest BCUT2D eigenvalue weighted by Gasteiger charge is 2.41. The molecule has 596 valence electrons. The van der Waals surface area contributed by atoms with Crippen molar-refractivity contribution in [3.63, 3.8) is 0 Å². The normalized spacial score (nSPS) is 10.4. The van der Waals surface area contributed by atoms with Crippen LogP contribution in [0.2, 0.25) is 0 Å². The first kappa shape index (κ1) is 90.1. The van der Waals surface area contributed by atoms with Gasteiger partial charge in [0.25, 0.3) is 0 Å². The molecule has 4 amide bonds. The lowest BCUT2D eigenvalue weighted by Crippen LogP contribution is -2.32. The second-order valence-corrected chi connectivity index (χ2v) is 24.6. The van der Waals surface area contributed by atoms with Crippen LogP contribution in [-0.4, -0.2) is 146 Å². The summed E-state index contributed by atoms with van der Waals surface area (Å²) >= 11 is 0. The van der Waals surface area contributed by atoms with E-state index in [-0.39, 0.29) is 141 Å². The van der Waals surface area contributed by atoms with Gasteiger partial charge in [0.15, 0.2) is 0 Å². The molecule has 28 nitrogen and oxygen atoms in total.